The summed E-state index contributed by atoms with van der Waals surface area (Å²) in [5, 5.41) is 4.37. The maximum absolute atomic E-state index is 13.6. The largest absolute Gasteiger partial charge is 0.487 e. The quantitative estimate of drug-likeness (QED) is 0.419. The normalized spacial score (nSPS) is 14.7. The molecule has 0 N–H and O–H groups in total. The van der Waals surface area contributed by atoms with E-state index in [1.54, 1.807) is 22.7 Å². The van der Waals surface area contributed by atoms with Crippen molar-refractivity contribution >= 4 is 12.1 Å². The molecule has 1 aliphatic rings. The van der Waals surface area contributed by atoms with Crippen molar-refractivity contribution in [1.29, 1.82) is 0 Å². The van der Waals surface area contributed by atoms with E-state index in [1.165, 1.54) is 6.92 Å². The molecule has 0 aliphatic carbocycles. The lowest BCUT2D eigenvalue weighted by Crippen LogP contribution is -2.28. The van der Waals surface area contributed by atoms with Crippen LogP contribution < -0.4 is 0 Å². The average Bonchev–Trinajstić information content (AvgIpc) is 3.25. The van der Waals surface area contributed by atoms with Gasteiger partial charge in [-0.1, -0.05) is 37.8 Å². The zero-order valence-electron chi connectivity index (χ0n) is 18.9. The molecule has 170 valence electrons. The Hall–Kier alpha value is -3.29. The van der Waals surface area contributed by atoms with Crippen LogP contribution in [-0.4, -0.2) is 45.9 Å². The number of carbonyl (C=O) groups excluding carboxylic acids is 1. The zero-order valence-corrected chi connectivity index (χ0v) is 18.9. The molecular formula is C24H28F2N4O2. The van der Waals surface area contributed by atoms with Gasteiger partial charge in [0, 0.05) is 38.0 Å². The van der Waals surface area contributed by atoms with Crippen molar-refractivity contribution < 1.29 is 18.3 Å². The van der Waals surface area contributed by atoms with Gasteiger partial charge in [-0.15, -0.1) is 0 Å². The van der Waals surface area contributed by atoms with Gasteiger partial charge < -0.3 is 9.64 Å². The molecule has 6 nitrogen and oxygen atoms in total. The summed E-state index contributed by atoms with van der Waals surface area (Å²) in [6.45, 7) is 8.57. The predicted octanol–water partition coefficient (Wildman–Crippen LogP) is 4.66. The zero-order chi connectivity index (χ0) is 23.5. The van der Waals surface area contributed by atoms with Crippen LogP contribution in [0.2, 0.25) is 0 Å². The van der Waals surface area contributed by atoms with Gasteiger partial charge >= 0.3 is 0 Å². The third-order valence-electron chi connectivity index (χ3n) is 5.32. The highest BCUT2D eigenvalue weighted by molar-refractivity contribution is 6.00. The highest BCUT2D eigenvalue weighted by Gasteiger charge is 2.34. The first-order valence-corrected chi connectivity index (χ1v) is 10.5. The van der Waals surface area contributed by atoms with Gasteiger partial charge in [0.05, 0.1) is 17.9 Å². The van der Waals surface area contributed by atoms with Crippen molar-refractivity contribution in [3.63, 3.8) is 0 Å². The Bertz CT molecular complexity index is 1070. The van der Waals surface area contributed by atoms with Crippen LogP contribution in [0.1, 0.15) is 31.5 Å². The lowest BCUT2D eigenvalue weighted by Gasteiger charge is -2.19. The van der Waals surface area contributed by atoms with Crippen LogP contribution in [0.25, 0.3) is 11.1 Å². The van der Waals surface area contributed by atoms with E-state index in [4.69, 9.17) is 4.74 Å². The van der Waals surface area contributed by atoms with Crippen LogP contribution in [0.4, 0.5) is 8.78 Å². The van der Waals surface area contributed by atoms with Gasteiger partial charge in [0.15, 0.2) is 6.61 Å². The molecule has 1 aliphatic heterocycles. The van der Waals surface area contributed by atoms with Gasteiger partial charge in [0.25, 0.3) is 11.8 Å². The molecule has 0 bridgehead atoms. The van der Waals surface area contributed by atoms with E-state index >= 15 is 0 Å². The fourth-order valence-corrected chi connectivity index (χ4v) is 3.54. The van der Waals surface area contributed by atoms with Crippen LogP contribution in [0.3, 0.4) is 0 Å². The van der Waals surface area contributed by atoms with Crippen LogP contribution >= 0.6 is 0 Å². The van der Waals surface area contributed by atoms with Crippen molar-refractivity contribution in [2.75, 3.05) is 13.2 Å². The van der Waals surface area contributed by atoms with E-state index in [1.807, 2.05) is 44.4 Å². The number of benzene rings is 1. The summed E-state index contributed by atoms with van der Waals surface area (Å²) in [5.74, 6) is -3.39. The SMILES string of the molecule is C=C(OCC(F)(F)CC)C1=C(/N=C\C)CN(Cc2ccc(-c3cn(C)nc3C)cc2)C1=O. The Morgan fingerprint density at radius 1 is 1.34 bits per heavy atom. The molecule has 0 saturated carbocycles. The number of aryl methyl sites for hydroxylation is 2. The van der Waals surface area contributed by atoms with Gasteiger partial charge in [-0.25, -0.2) is 8.78 Å². The Morgan fingerprint density at radius 3 is 2.59 bits per heavy atom. The van der Waals surface area contributed by atoms with E-state index in [0.29, 0.717) is 12.2 Å². The number of rotatable bonds is 9. The second kappa shape index (κ2) is 9.46. The summed E-state index contributed by atoms with van der Waals surface area (Å²) >= 11 is 0. The minimum absolute atomic E-state index is 0.0753. The van der Waals surface area contributed by atoms with E-state index in [-0.39, 0.29) is 30.2 Å². The Morgan fingerprint density at radius 2 is 2.03 bits per heavy atom. The minimum atomic E-state index is -2.98. The van der Waals surface area contributed by atoms with Crippen molar-refractivity contribution in [2.24, 2.45) is 12.0 Å². The number of carbonyl (C=O) groups is 1. The van der Waals surface area contributed by atoms with Crippen molar-refractivity contribution in [3.05, 3.63) is 65.3 Å². The van der Waals surface area contributed by atoms with Crippen LogP contribution in [0.5, 0.6) is 0 Å². The highest BCUT2D eigenvalue weighted by atomic mass is 19.3. The lowest BCUT2D eigenvalue weighted by atomic mass is 10.0. The number of hydrogen-bond acceptors (Lipinski definition) is 4. The van der Waals surface area contributed by atoms with Crippen molar-refractivity contribution in [2.45, 2.75) is 39.7 Å². The molecule has 1 aromatic carbocycles. The number of aromatic nitrogens is 2. The van der Waals surface area contributed by atoms with Gasteiger partial charge in [-0.05, 0) is 25.0 Å². The number of ether oxygens (including phenoxy) is 1. The smallest absolute Gasteiger partial charge is 0.281 e. The second-order valence-electron chi connectivity index (χ2n) is 7.79. The van der Waals surface area contributed by atoms with E-state index in [0.717, 1.165) is 22.4 Å². The van der Waals surface area contributed by atoms with Crippen molar-refractivity contribution in [1.82, 2.24) is 14.7 Å². The van der Waals surface area contributed by atoms with Gasteiger partial charge in [0.2, 0.25) is 0 Å². The first-order valence-electron chi connectivity index (χ1n) is 10.5. The number of alkyl halides is 2. The van der Waals surface area contributed by atoms with Gasteiger partial charge in [0.1, 0.15) is 11.3 Å². The molecule has 1 aromatic heterocycles. The summed E-state index contributed by atoms with van der Waals surface area (Å²) in [4.78, 5) is 18.9. The third kappa shape index (κ3) is 5.12. The lowest BCUT2D eigenvalue weighted by molar-refractivity contribution is -0.126. The summed E-state index contributed by atoms with van der Waals surface area (Å²) in [6, 6.07) is 7.91. The standard InChI is InChI=1S/C24H28F2N4O2/c1-6-24(25,26)15-32-17(4)22-21(27-7-2)14-30(23(22)31)12-18-8-10-19(11-9-18)20-13-29(5)28-16(20)3/h7-11,13H,4,6,12,14-15H2,1-3,5H3/b27-7-. The predicted molar refractivity (Wildman–Crippen MR) is 120 cm³/mol. The maximum Gasteiger partial charge on any atom is 0.281 e. The minimum Gasteiger partial charge on any atom is -0.487 e. The van der Waals surface area contributed by atoms with Gasteiger partial charge in [-0.3, -0.25) is 14.5 Å². The molecule has 0 spiro atoms. The summed E-state index contributed by atoms with van der Waals surface area (Å²) in [5.41, 5.74) is 4.59. The van der Waals surface area contributed by atoms with Crippen LogP contribution in [0, 0.1) is 6.92 Å². The molecule has 3 rings (SSSR count). The molecule has 32 heavy (non-hydrogen) atoms. The van der Waals surface area contributed by atoms with Crippen LogP contribution in [-0.2, 0) is 23.1 Å². The summed E-state index contributed by atoms with van der Waals surface area (Å²) < 4.78 is 34.1. The topological polar surface area (TPSA) is 59.7 Å². The maximum atomic E-state index is 13.6. The number of aliphatic imine (C=N–C) groups is 1. The number of halogens is 2. The van der Waals surface area contributed by atoms with E-state index in [9.17, 15) is 13.6 Å². The fraction of sp³-hybridized carbons (Fsp3) is 0.375. The molecule has 8 heteroatoms. The Kier molecular flexibility index (Phi) is 6.91. The first kappa shape index (κ1) is 23.4. The van der Waals surface area contributed by atoms with E-state index in [2.05, 4.69) is 16.7 Å². The molecule has 0 radical (unpaired) electrons. The summed E-state index contributed by atoms with van der Waals surface area (Å²) in [6.07, 6.45) is 3.17. The highest BCUT2D eigenvalue weighted by Crippen LogP contribution is 2.30. The average molecular weight is 443 g/mol. The molecule has 0 fully saturated rings. The van der Waals surface area contributed by atoms with Crippen LogP contribution in [0.15, 0.2) is 59.1 Å². The Labute approximate surface area is 186 Å². The monoisotopic (exact) mass is 442 g/mol. The van der Waals surface area contributed by atoms with E-state index < -0.39 is 12.5 Å². The Balaban J connectivity index is 1.73. The first-order chi connectivity index (χ1) is 15.1. The van der Waals surface area contributed by atoms with Gasteiger partial charge in [-0.2, -0.15) is 5.10 Å². The molecule has 0 saturated heterocycles. The molecule has 1 amide bonds. The third-order valence-corrected chi connectivity index (χ3v) is 5.32. The number of nitrogens with zero attached hydrogens (tertiary/aromatic N) is 4. The summed E-state index contributed by atoms with van der Waals surface area (Å²) in [7, 11) is 1.88. The molecule has 2 heterocycles. The molecule has 0 atom stereocenters. The number of hydrogen-bond donors (Lipinski definition) is 0. The molecule has 0 unspecified atom stereocenters. The molecular weight excluding hydrogens is 414 g/mol. The second-order valence-corrected chi connectivity index (χ2v) is 7.79. The fourth-order valence-electron chi connectivity index (χ4n) is 3.54. The molecule has 2 aromatic rings. The van der Waals surface area contributed by atoms with Crippen molar-refractivity contribution in [3.8, 4) is 11.1 Å². The number of amides is 1.